The van der Waals surface area contributed by atoms with Gasteiger partial charge in [-0.2, -0.15) is 0 Å². The molecule has 0 atom stereocenters. The molecule has 2 rings (SSSR count). The number of anilines is 1. The van der Waals surface area contributed by atoms with Gasteiger partial charge in [0.05, 0.1) is 13.2 Å². The molecule has 2 aromatic carbocycles. The first kappa shape index (κ1) is 17.9. The fraction of sp³-hybridized carbons (Fsp3) is 0.278. The van der Waals surface area contributed by atoms with E-state index in [4.69, 9.17) is 25.8 Å². The van der Waals surface area contributed by atoms with Gasteiger partial charge in [0, 0.05) is 16.8 Å². The van der Waals surface area contributed by atoms with Gasteiger partial charge in [0.25, 0.3) is 5.91 Å². The van der Waals surface area contributed by atoms with Crippen LogP contribution < -0.4 is 19.5 Å². The van der Waals surface area contributed by atoms with E-state index in [9.17, 15) is 4.79 Å². The van der Waals surface area contributed by atoms with E-state index in [0.29, 0.717) is 41.2 Å². The van der Waals surface area contributed by atoms with Gasteiger partial charge < -0.3 is 19.5 Å². The van der Waals surface area contributed by atoms with Crippen LogP contribution in [0.15, 0.2) is 42.5 Å². The highest BCUT2D eigenvalue weighted by molar-refractivity contribution is 6.30. The molecule has 0 bridgehead atoms. The lowest BCUT2D eigenvalue weighted by molar-refractivity contribution is -0.118. The van der Waals surface area contributed by atoms with Crippen LogP contribution in [0.5, 0.6) is 17.2 Å². The normalized spacial score (nSPS) is 10.1. The zero-order chi connectivity index (χ0) is 17.4. The summed E-state index contributed by atoms with van der Waals surface area (Å²) in [6, 6.07) is 12.1. The second-order valence-corrected chi connectivity index (χ2v) is 5.26. The highest BCUT2D eigenvalue weighted by Crippen LogP contribution is 2.30. The van der Waals surface area contributed by atoms with E-state index >= 15 is 0 Å². The van der Waals surface area contributed by atoms with Crippen molar-refractivity contribution in [2.24, 2.45) is 0 Å². The Kier molecular flexibility index (Phi) is 6.75. The number of halogens is 1. The predicted molar refractivity (Wildman–Crippen MR) is 94.4 cm³/mol. The molecule has 0 saturated carbocycles. The van der Waals surface area contributed by atoms with Crippen LogP contribution in [0.4, 0.5) is 5.69 Å². The van der Waals surface area contributed by atoms with Gasteiger partial charge in [0.1, 0.15) is 5.75 Å². The van der Waals surface area contributed by atoms with Crippen LogP contribution in [-0.2, 0) is 4.79 Å². The molecule has 0 aliphatic heterocycles. The summed E-state index contributed by atoms with van der Waals surface area (Å²) in [6.07, 6.45) is 0. The van der Waals surface area contributed by atoms with Gasteiger partial charge in [-0.15, -0.1) is 0 Å². The maximum Gasteiger partial charge on any atom is 0.262 e. The van der Waals surface area contributed by atoms with E-state index in [2.05, 4.69) is 5.32 Å². The van der Waals surface area contributed by atoms with Crippen molar-refractivity contribution in [1.82, 2.24) is 0 Å². The lowest BCUT2D eigenvalue weighted by Crippen LogP contribution is -2.20. The minimum atomic E-state index is -0.276. The second kappa shape index (κ2) is 9.03. The Balaban J connectivity index is 1.96. The predicted octanol–water partition coefficient (Wildman–Crippen LogP) is 4.15. The first-order valence-electron chi connectivity index (χ1n) is 7.70. The van der Waals surface area contributed by atoms with Gasteiger partial charge in [0.15, 0.2) is 18.1 Å². The van der Waals surface area contributed by atoms with Crippen molar-refractivity contribution < 1.29 is 19.0 Å². The Labute approximate surface area is 146 Å². The van der Waals surface area contributed by atoms with Crippen LogP contribution in [0.25, 0.3) is 0 Å². The van der Waals surface area contributed by atoms with Gasteiger partial charge >= 0.3 is 0 Å². The highest BCUT2D eigenvalue weighted by atomic mass is 35.5. The Morgan fingerprint density at radius 3 is 2.46 bits per heavy atom. The van der Waals surface area contributed by atoms with Crippen molar-refractivity contribution in [2.45, 2.75) is 13.8 Å². The molecule has 0 aliphatic carbocycles. The summed E-state index contributed by atoms with van der Waals surface area (Å²) in [7, 11) is 0. The minimum Gasteiger partial charge on any atom is -0.490 e. The molecule has 5 nitrogen and oxygen atoms in total. The maximum atomic E-state index is 12.0. The number of rotatable bonds is 8. The molecule has 128 valence electrons. The quantitative estimate of drug-likeness (QED) is 0.777. The third-order valence-corrected chi connectivity index (χ3v) is 3.23. The Hall–Kier alpha value is -2.40. The summed E-state index contributed by atoms with van der Waals surface area (Å²) < 4.78 is 16.4. The minimum absolute atomic E-state index is 0.114. The Morgan fingerprint density at radius 1 is 1.00 bits per heavy atom. The van der Waals surface area contributed by atoms with Gasteiger partial charge in [0.2, 0.25) is 0 Å². The summed E-state index contributed by atoms with van der Waals surface area (Å²) in [5.74, 6) is 1.50. The van der Waals surface area contributed by atoms with Crippen LogP contribution in [0.3, 0.4) is 0 Å². The van der Waals surface area contributed by atoms with Crippen molar-refractivity contribution in [3.05, 3.63) is 47.5 Å². The molecular formula is C18H20ClNO4. The average Bonchev–Trinajstić information content (AvgIpc) is 2.56. The van der Waals surface area contributed by atoms with Crippen LogP contribution in [0, 0.1) is 0 Å². The lowest BCUT2D eigenvalue weighted by atomic mass is 10.2. The topological polar surface area (TPSA) is 56.8 Å². The average molecular weight is 350 g/mol. The van der Waals surface area contributed by atoms with Crippen molar-refractivity contribution >= 4 is 23.2 Å². The van der Waals surface area contributed by atoms with Crippen LogP contribution >= 0.6 is 11.6 Å². The second-order valence-electron chi connectivity index (χ2n) is 4.82. The molecular weight excluding hydrogens is 330 g/mol. The standard InChI is InChI=1S/C18H20ClNO4/c1-3-22-16-9-8-14(11-17(16)23-4-2)20-18(21)12-24-15-7-5-6-13(19)10-15/h5-11H,3-4,12H2,1-2H3,(H,20,21). The monoisotopic (exact) mass is 349 g/mol. The number of nitrogens with one attached hydrogen (secondary N) is 1. The Morgan fingerprint density at radius 2 is 1.75 bits per heavy atom. The van der Waals surface area contributed by atoms with E-state index < -0.39 is 0 Å². The fourth-order valence-corrected chi connectivity index (χ4v) is 2.21. The molecule has 0 radical (unpaired) electrons. The molecule has 24 heavy (non-hydrogen) atoms. The molecule has 0 spiro atoms. The van der Waals surface area contributed by atoms with E-state index in [0.717, 1.165) is 0 Å². The van der Waals surface area contributed by atoms with Crippen molar-refractivity contribution in [3.8, 4) is 17.2 Å². The number of benzene rings is 2. The number of carbonyl (C=O) groups excluding carboxylic acids is 1. The van der Waals surface area contributed by atoms with Crippen molar-refractivity contribution in [2.75, 3.05) is 25.1 Å². The van der Waals surface area contributed by atoms with Gasteiger partial charge in [-0.25, -0.2) is 0 Å². The summed E-state index contributed by atoms with van der Waals surface area (Å²) in [5.41, 5.74) is 0.613. The van der Waals surface area contributed by atoms with E-state index in [1.165, 1.54) is 0 Å². The van der Waals surface area contributed by atoms with Crippen molar-refractivity contribution in [1.29, 1.82) is 0 Å². The van der Waals surface area contributed by atoms with Gasteiger partial charge in [-0.05, 0) is 44.2 Å². The third kappa shape index (κ3) is 5.35. The van der Waals surface area contributed by atoms with Gasteiger partial charge in [-0.1, -0.05) is 17.7 Å². The molecule has 1 amide bonds. The van der Waals surface area contributed by atoms with E-state index in [1.807, 2.05) is 13.8 Å². The first-order valence-corrected chi connectivity index (χ1v) is 8.08. The molecule has 6 heteroatoms. The summed E-state index contributed by atoms with van der Waals surface area (Å²) in [4.78, 5) is 12.0. The van der Waals surface area contributed by atoms with Crippen molar-refractivity contribution in [3.63, 3.8) is 0 Å². The molecule has 0 aliphatic rings. The fourth-order valence-electron chi connectivity index (χ4n) is 2.03. The van der Waals surface area contributed by atoms with Crippen LogP contribution in [0.1, 0.15) is 13.8 Å². The zero-order valence-electron chi connectivity index (χ0n) is 13.7. The molecule has 0 heterocycles. The molecule has 0 aromatic heterocycles. The van der Waals surface area contributed by atoms with Gasteiger partial charge in [-0.3, -0.25) is 4.79 Å². The van der Waals surface area contributed by atoms with Crippen LogP contribution in [-0.4, -0.2) is 25.7 Å². The third-order valence-electron chi connectivity index (χ3n) is 2.99. The SMILES string of the molecule is CCOc1ccc(NC(=O)COc2cccc(Cl)c2)cc1OCC. The smallest absolute Gasteiger partial charge is 0.262 e. The number of hydrogen-bond acceptors (Lipinski definition) is 4. The molecule has 1 N–H and O–H groups in total. The molecule has 0 unspecified atom stereocenters. The maximum absolute atomic E-state index is 12.0. The zero-order valence-corrected chi connectivity index (χ0v) is 14.4. The van der Waals surface area contributed by atoms with E-state index in [-0.39, 0.29) is 12.5 Å². The molecule has 0 saturated heterocycles. The van der Waals surface area contributed by atoms with E-state index in [1.54, 1.807) is 42.5 Å². The Bertz CT molecular complexity index is 690. The number of carbonyl (C=O) groups is 1. The largest absolute Gasteiger partial charge is 0.490 e. The lowest BCUT2D eigenvalue weighted by Gasteiger charge is -2.13. The molecule has 2 aromatic rings. The summed E-state index contributed by atoms with van der Waals surface area (Å²) >= 11 is 5.87. The summed E-state index contributed by atoms with van der Waals surface area (Å²) in [5, 5.41) is 3.32. The first-order chi connectivity index (χ1) is 11.6. The number of ether oxygens (including phenoxy) is 3. The summed E-state index contributed by atoms with van der Waals surface area (Å²) in [6.45, 7) is 4.73. The highest BCUT2D eigenvalue weighted by Gasteiger charge is 2.09. The number of amides is 1. The number of hydrogen-bond donors (Lipinski definition) is 1. The van der Waals surface area contributed by atoms with Crippen LogP contribution in [0.2, 0.25) is 5.02 Å². The molecule has 0 fully saturated rings.